The summed E-state index contributed by atoms with van der Waals surface area (Å²) in [7, 11) is 1.91. The van der Waals surface area contributed by atoms with Crippen LogP contribution in [-0.2, 0) is 10.2 Å². The number of likely N-dealkylation sites (N-methyl/N-ethyl adjacent to an activating group) is 1. The third-order valence-electron chi connectivity index (χ3n) is 4.89. The zero-order valence-corrected chi connectivity index (χ0v) is 10.7. The topological polar surface area (TPSA) is 23.6 Å². The lowest BCUT2D eigenvalue weighted by atomic mass is 9.99. The smallest absolute Gasteiger partial charge is 0.245 e. The summed E-state index contributed by atoms with van der Waals surface area (Å²) in [5.41, 5.74) is 3.17. The van der Waals surface area contributed by atoms with Gasteiger partial charge >= 0.3 is 0 Å². The molecule has 1 spiro atoms. The number of hydrogen-bond acceptors (Lipinski definition) is 2. The van der Waals surface area contributed by atoms with E-state index in [0.717, 1.165) is 19.5 Å². The van der Waals surface area contributed by atoms with Gasteiger partial charge < -0.3 is 9.80 Å². The number of carbonyl (C=O) groups excluding carboxylic acids is 1. The molecule has 0 N–H and O–H groups in total. The molecule has 3 aliphatic rings. The lowest BCUT2D eigenvalue weighted by molar-refractivity contribution is -0.127. The van der Waals surface area contributed by atoms with E-state index in [1.165, 1.54) is 24.1 Å². The number of rotatable bonds is 1. The predicted molar refractivity (Wildman–Crippen MR) is 70.7 cm³/mol. The number of likely N-dealkylation sites (tertiary alicyclic amines) is 1. The normalized spacial score (nSPS) is 28.1. The van der Waals surface area contributed by atoms with Crippen molar-refractivity contribution in [2.24, 2.45) is 0 Å². The molecule has 94 valence electrons. The highest BCUT2D eigenvalue weighted by atomic mass is 16.2. The first-order valence-electron chi connectivity index (χ1n) is 6.82. The Morgan fingerprint density at radius 2 is 2.06 bits per heavy atom. The Balaban J connectivity index is 1.74. The molecule has 1 amide bonds. The molecular formula is C15H18N2O. The first-order valence-corrected chi connectivity index (χ1v) is 6.82. The van der Waals surface area contributed by atoms with Gasteiger partial charge in [-0.1, -0.05) is 18.2 Å². The molecule has 2 heterocycles. The number of nitrogens with zero attached hydrogens (tertiary/aromatic N) is 2. The Bertz CT molecular complexity index is 521. The number of anilines is 1. The monoisotopic (exact) mass is 242 g/mol. The summed E-state index contributed by atoms with van der Waals surface area (Å²) in [6.07, 6.45) is 3.55. The molecule has 1 unspecified atom stereocenters. The van der Waals surface area contributed by atoms with Crippen molar-refractivity contribution in [3.63, 3.8) is 0 Å². The Labute approximate surface area is 107 Å². The fraction of sp³-hybridized carbons (Fsp3) is 0.533. The maximum Gasteiger partial charge on any atom is 0.245 e. The molecule has 2 aliphatic heterocycles. The number of amides is 1. The fourth-order valence-corrected chi connectivity index (χ4v) is 3.62. The number of benzene rings is 1. The van der Waals surface area contributed by atoms with Gasteiger partial charge in [0.15, 0.2) is 0 Å². The maximum absolute atomic E-state index is 12.2. The Morgan fingerprint density at radius 3 is 2.72 bits per heavy atom. The molecule has 18 heavy (non-hydrogen) atoms. The zero-order chi connectivity index (χ0) is 12.3. The average molecular weight is 242 g/mol. The summed E-state index contributed by atoms with van der Waals surface area (Å²) in [6, 6.07) is 8.75. The third kappa shape index (κ3) is 1.22. The average Bonchev–Trinajstić information content (AvgIpc) is 3.00. The molecule has 1 aliphatic carbocycles. The number of fused-ring (bicyclic) bond motifs is 2. The van der Waals surface area contributed by atoms with Gasteiger partial charge in [0.25, 0.3) is 0 Å². The molecule has 3 nitrogen and oxygen atoms in total. The highest BCUT2D eigenvalue weighted by Gasteiger charge is 2.54. The summed E-state index contributed by atoms with van der Waals surface area (Å²) in [5.74, 6) is 0.294. The molecule has 0 aromatic heterocycles. The summed E-state index contributed by atoms with van der Waals surface area (Å²) in [5, 5.41) is 0. The lowest BCUT2D eigenvalue weighted by Crippen LogP contribution is -2.41. The second kappa shape index (κ2) is 3.28. The third-order valence-corrected chi connectivity index (χ3v) is 4.89. The highest BCUT2D eigenvalue weighted by Crippen LogP contribution is 2.57. The van der Waals surface area contributed by atoms with E-state index >= 15 is 0 Å². The first-order chi connectivity index (χ1) is 8.71. The van der Waals surface area contributed by atoms with Crippen LogP contribution in [0.5, 0.6) is 0 Å². The van der Waals surface area contributed by atoms with Crippen LogP contribution >= 0.6 is 0 Å². The van der Waals surface area contributed by atoms with Crippen molar-refractivity contribution in [2.45, 2.75) is 30.7 Å². The van der Waals surface area contributed by atoms with Crippen LogP contribution in [0.3, 0.4) is 0 Å². The zero-order valence-electron chi connectivity index (χ0n) is 10.7. The van der Waals surface area contributed by atoms with Crippen molar-refractivity contribution in [1.29, 1.82) is 0 Å². The highest BCUT2D eigenvalue weighted by molar-refractivity contribution is 5.88. The molecule has 1 atom stereocenters. The molecule has 4 rings (SSSR count). The number of carbonyl (C=O) groups is 1. The second-order valence-electron chi connectivity index (χ2n) is 5.99. The standard InChI is InChI=1S/C15H18N2O/c1-16-9-6-13(14(16)18)17-10-15(7-8-15)11-4-2-3-5-12(11)17/h2-5,13H,6-10H2,1H3. The molecule has 1 aromatic rings. The molecule has 1 saturated heterocycles. The van der Waals surface area contributed by atoms with E-state index in [2.05, 4.69) is 29.2 Å². The van der Waals surface area contributed by atoms with Crippen LogP contribution in [0.2, 0.25) is 0 Å². The Kier molecular flexibility index (Phi) is 1.90. The molecule has 1 saturated carbocycles. The van der Waals surface area contributed by atoms with Crippen LogP contribution in [-0.4, -0.2) is 37.0 Å². The van der Waals surface area contributed by atoms with Gasteiger partial charge in [-0.3, -0.25) is 4.79 Å². The van der Waals surface area contributed by atoms with Gasteiger partial charge in [-0.15, -0.1) is 0 Å². The van der Waals surface area contributed by atoms with E-state index in [1.54, 1.807) is 0 Å². The van der Waals surface area contributed by atoms with Crippen LogP contribution in [0, 0.1) is 0 Å². The molecule has 1 aromatic carbocycles. The van der Waals surface area contributed by atoms with Crippen molar-refractivity contribution in [3.8, 4) is 0 Å². The lowest BCUT2D eigenvalue weighted by Gasteiger charge is -2.26. The minimum atomic E-state index is 0.0797. The SMILES string of the molecule is CN1CCC(N2CC3(CC3)c3ccccc32)C1=O. The van der Waals surface area contributed by atoms with Crippen LogP contribution in [0.4, 0.5) is 5.69 Å². The van der Waals surface area contributed by atoms with Crippen molar-refractivity contribution in [3.05, 3.63) is 29.8 Å². The fourth-order valence-electron chi connectivity index (χ4n) is 3.62. The van der Waals surface area contributed by atoms with Crippen LogP contribution in [0.1, 0.15) is 24.8 Å². The maximum atomic E-state index is 12.2. The summed E-state index contributed by atoms with van der Waals surface area (Å²) >= 11 is 0. The van der Waals surface area contributed by atoms with E-state index in [0.29, 0.717) is 11.3 Å². The van der Waals surface area contributed by atoms with E-state index in [9.17, 15) is 4.79 Å². The minimum absolute atomic E-state index is 0.0797. The number of hydrogen-bond donors (Lipinski definition) is 0. The Morgan fingerprint density at radius 1 is 1.28 bits per heavy atom. The van der Waals surface area contributed by atoms with Crippen molar-refractivity contribution in [1.82, 2.24) is 4.90 Å². The number of para-hydroxylation sites is 1. The van der Waals surface area contributed by atoms with Crippen LogP contribution < -0.4 is 4.90 Å². The molecular weight excluding hydrogens is 224 g/mol. The summed E-state index contributed by atoms with van der Waals surface area (Å²) in [6.45, 7) is 1.95. The molecule has 2 fully saturated rings. The van der Waals surface area contributed by atoms with Gasteiger partial charge in [0, 0.05) is 31.2 Å². The predicted octanol–water partition coefficient (Wildman–Crippen LogP) is 1.77. The quantitative estimate of drug-likeness (QED) is 0.749. The molecule has 0 bridgehead atoms. The van der Waals surface area contributed by atoms with E-state index in [1.807, 2.05) is 11.9 Å². The van der Waals surface area contributed by atoms with Crippen LogP contribution in [0.25, 0.3) is 0 Å². The van der Waals surface area contributed by atoms with Gasteiger partial charge in [-0.25, -0.2) is 0 Å². The Hall–Kier alpha value is -1.51. The van der Waals surface area contributed by atoms with Crippen molar-refractivity contribution >= 4 is 11.6 Å². The van der Waals surface area contributed by atoms with E-state index < -0.39 is 0 Å². The van der Waals surface area contributed by atoms with Crippen LogP contribution in [0.15, 0.2) is 24.3 Å². The summed E-state index contributed by atoms with van der Waals surface area (Å²) < 4.78 is 0. The molecule has 3 heteroatoms. The largest absolute Gasteiger partial charge is 0.358 e. The van der Waals surface area contributed by atoms with Gasteiger partial charge in [-0.05, 0) is 30.9 Å². The first kappa shape index (κ1) is 10.4. The minimum Gasteiger partial charge on any atom is -0.358 e. The van der Waals surface area contributed by atoms with Crippen molar-refractivity contribution in [2.75, 3.05) is 25.0 Å². The molecule has 0 radical (unpaired) electrons. The van der Waals surface area contributed by atoms with Gasteiger partial charge in [-0.2, -0.15) is 0 Å². The van der Waals surface area contributed by atoms with Gasteiger partial charge in [0.1, 0.15) is 6.04 Å². The van der Waals surface area contributed by atoms with Gasteiger partial charge in [0.2, 0.25) is 5.91 Å². The van der Waals surface area contributed by atoms with E-state index in [4.69, 9.17) is 0 Å². The van der Waals surface area contributed by atoms with Crippen molar-refractivity contribution < 1.29 is 4.79 Å². The summed E-state index contributed by atoms with van der Waals surface area (Å²) in [4.78, 5) is 16.5. The van der Waals surface area contributed by atoms with E-state index in [-0.39, 0.29) is 6.04 Å². The van der Waals surface area contributed by atoms with Gasteiger partial charge in [0.05, 0.1) is 0 Å². The second-order valence-corrected chi connectivity index (χ2v) is 5.99.